The van der Waals surface area contributed by atoms with Crippen LogP contribution in [0, 0.1) is 23.4 Å². The first-order valence-corrected chi connectivity index (χ1v) is 13.6. The fourth-order valence-electron chi connectivity index (χ4n) is 6.19. The number of Topliss-reactive ketones (excluding diaryl/α,β-unsaturated/α-hetero) is 1. The fourth-order valence-corrected chi connectivity index (χ4v) is 6.19. The molecule has 43 heavy (non-hydrogen) atoms. The summed E-state index contributed by atoms with van der Waals surface area (Å²) < 4.78 is 85.9. The van der Waals surface area contributed by atoms with Gasteiger partial charge in [-0.1, -0.05) is 12.1 Å². The average molecular weight is 599 g/mol. The molecule has 2 heterocycles. The molecule has 2 aromatic carbocycles. The van der Waals surface area contributed by atoms with Crippen LogP contribution in [-0.4, -0.2) is 26.5 Å². The van der Waals surface area contributed by atoms with Crippen LogP contribution in [-0.2, 0) is 17.8 Å². The number of hydrogen-bond donors (Lipinski definition) is 1. The Morgan fingerprint density at radius 1 is 1.02 bits per heavy atom. The molecule has 6 nitrogen and oxygen atoms in total. The number of alkyl halides is 3. The van der Waals surface area contributed by atoms with E-state index in [4.69, 9.17) is 5.73 Å². The molecule has 222 valence electrons. The van der Waals surface area contributed by atoms with Crippen LogP contribution in [0.1, 0.15) is 75.8 Å². The minimum absolute atomic E-state index is 0.00234. The van der Waals surface area contributed by atoms with Gasteiger partial charge in [0.2, 0.25) is 0 Å². The van der Waals surface area contributed by atoms with E-state index in [1.165, 1.54) is 18.3 Å². The summed E-state index contributed by atoms with van der Waals surface area (Å²) in [6, 6.07) is 9.83. The number of halogens is 6. The third kappa shape index (κ3) is 5.41. The zero-order valence-electron chi connectivity index (χ0n) is 22.4. The number of primary amides is 1. The summed E-state index contributed by atoms with van der Waals surface area (Å²) in [5.41, 5.74) is 5.88. The van der Waals surface area contributed by atoms with Crippen molar-refractivity contribution in [2.45, 2.75) is 50.2 Å². The average Bonchev–Trinajstić information content (AvgIpc) is 3.57. The van der Waals surface area contributed by atoms with Crippen molar-refractivity contribution in [3.8, 4) is 11.1 Å². The number of pyridine rings is 1. The topological polar surface area (TPSA) is 90.9 Å². The van der Waals surface area contributed by atoms with Crippen LogP contribution in [0.25, 0.3) is 11.1 Å². The molecular weight excluding hydrogens is 574 g/mol. The second-order valence-corrected chi connectivity index (χ2v) is 11.0. The molecule has 2 aliphatic rings. The van der Waals surface area contributed by atoms with E-state index in [9.17, 15) is 31.5 Å². The van der Waals surface area contributed by atoms with Gasteiger partial charge in [0.1, 0.15) is 29.3 Å². The summed E-state index contributed by atoms with van der Waals surface area (Å²) in [5, 5.41) is 3.90. The fraction of sp³-hybridized carbons (Fsp3) is 0.290. The van der Waals surface area contributed by atoms with Gasteiger partial charge in [-0.25, -0.2) is 26.3 Å². The molecule has 0 radical (unpaired) electrons. The zero-order chi connectivity index (χ0) is 30.6. The van der Waals surface area contributed by atoms with Crippen molar-refractivity contribution in [1.29, 1.82) is 0 Å². The van der Waals surface area contributed by atoms with E-state index >= 15 is 4.39 Å². The maximum Gasteiger partial charge on any atom is 0.282 e. The largest absolute Gasteiger partial charge is 0.366 e. The summed E-state index contributed by atoms with van der Waals surface area (Å²) in [6.45, 7) is -0.493. The number of nitrogens with zero attached hydrogens (tertiary/aromatic N) is 3. The lowest BCUT2D eigenvalue weighted by Gasteiger charge is -2.20. The van der Waals surface area contributed by atoms with E-state index in [2.05, 4.69) is 10.1 Å². The molecule has 3 unspecified atom stereocenters. The molecule has 6 rings (SSSR count). The Balaban J connectivity index is 1.36. The summed E-state index contributed by atoms with van der Waals surface area (Å²) in [5.74, 6) is -5.53. The van der Waals surface area contributed by atoms with Crippen LogP contribution >= 0.6 is 0 Å². The number of carbonyl (C=O) groups excluding carboxylic acids is 2. The Morgan fingerprint density at radius 2 is 1.77 bits per heavy atom. The van der Waals surface area contributed by atoms with Crippen molar-refractivity contribution in [1.82, 2.24) is 14.8 Å². The summed E-state index contributed by atoms with van der Waals surface area (Å²) in [6.07, 6.45) is -2.87. The van der Waals surface area contributed by atoms with E-state index < -0.39 is 59.9 Å². The highest BCUT2D eigenvalue weighted by atomic mass is 19.3. The third-order valence-corrected chi connectivity index (χ3v) is 8.09. The van der Waals surface area contributed by atoms with Crippen LogP contribution in [0.5, 0.6) is 0 Å². The van der Waals surface area contributed by atoms with Crippen molar-refractivity contribution >= 4 is 11.7 Å². The molecule has 2 aliphatic carbocycles. The molecule has 0 spiro atoms. The van der Waals surface area contributed by atoms with Crippen LogP contribution in [0.4, 0.5) is 26.3 Å². The van der Waals surface area contributed by atoms with Crippen molar-refractivity contribution in [3.63, 3.8) is 0 Å². The van der Waals surface area contributed by atoms with Gasteiger partial charge >= 0.3 is 0 Å². The second kappa shape index (κ2) is 11.0. The Bertz CT molecular complexity index is 1740. The normalized spacial score (nSPS) is 19.3. The number of fused-ring (bicyclic) bond motifs is 3. The number of benzene rings is 2. The predicted octanol–water partition coefficient (Wildman–Crippen LogP) is 6.51. The number of ketones is 1. The Labute approximate surface area is 241 Å². The van der Waals surface area contributed by atoms with Crippen molar-refractivity contribution in [2.24, 2.45) is 11.7 Å². The maximum absolute atomic E-state index is 15.0. The summed E-state index contributed by atoms with van der Waals surface area (Å²) in [4.78, 5) is 29.7. The quantitative estimate of drug-likeness (QED) is 0.211. The minimum atomic E-state index is -2.93. The van der Waals surface area contributed by atoms with E-state index in [1.54, 1.807) is 12.1 Å². The maximum atomic E-state index is 15.0. The summed E-state index contributed by atoms with van der Waals surface area (Å²) >= 11 is 0. The zero-order valence-corrected chi connectivity index (χ0v) is 22.4. The highest BCUT2D eigenvalue weighted by molar-refractivity contribution is 5.94. The number of hydrogen-bond acceptors (Lipinski definition) is 4. The van der Waals surface area contributed by atoms with E-state index in [-0.39, 0.29) is 47.1 Å². The van der Waals surface area contributed by atoms with Gasteiger partial charge in [-0.2, -0.15) is 5.10 Å². The molecule has 0 aliphatic heterocycles. The molecule has 4 aromatic rings. The Kier molecular flexibility index (Phi) is 7.31. The van der Waals surface area contributed by atoms with Crippen molar-refractivity contribution in [2.75, 3.05) is 0 Å². The number of nitrogens with two attached hydrogens (primary N) is 1. The standard InChI is InChI=1S/C31H24F6N4O2/c32-17-7-14(8-18(33)11-17)6-16(27-20(2-1-5-39-27)15-3-4-24(34)23(10-15)31(38)43)9-19(42)13-41-29-25(28(40-41)30(36)37)21-12-22(21)26(29)35/h1-5,7-8,10-11,16,21-22,26,30H,6,9,12-13H2,(H2,38,43)/t16-,21?,22?,26?/m1/s1. The van der Waals surface area contributed by atoms with Gasteiger partial charge in [0.15, 0.2) is 5.78 Å². The number of aromatic nitrogens is 3. The van der Waals surface area contributed by atoms with Crippen molar-refractivity contribution < 1.29 is 35.9 Å². The molecule has 0 bridgehead atoms. The molecule has 1 saturated carbocycles. The van der Waals surface area contributed by atoms with Gasteiger partial charge in [-0.3, -0.25) is 19.3 Å². The minimum Gasteiger partial charge on any atom is -0.366 e. The number of amides is 1. The Hall–Kier alpha value is -4.48. The highest BCUT2D eigenvalue weighted by Gasteiger charge is 2.57. The lowest BCUT2D eigenvalue weighted by atomic mass is 9.86. The molecule has 12 heteroatoms. The lowest BCUT2D eigenvalue weighted by molar-refractivity contribution is -0.120. The molecule has 1 amide bonds. The molecule has 0 saturated heterocycles. The van der Waals surface area contributed by atoms with Crippen LogP contribution in [0.2, 0.25) is 0 Å². The van der Waals surface area contributed by atoms with Gasteiger partial charge in [0.25, 0.3) is 12.3 Å². The third-order valence-electron chi connectivity index (χ3n) is 8.09. The summed E-state index contributed by atoms with van der Waals surface area (Å²) in [7, 11) is 0. The van der Waals surface area contributed by atoms with Crippen LogP contribution < -0.4 is 5.73 Å². The van der Waals surface area contributed by atoms with E-state index in [0.29, 0.717) is 29.3 Å². The van der Waals surface area contributed by atoms with Gasteiger partial charge < -0.3 is 5.73 Å². The van der Waals surface area contributed by atoms with Gasteiger partial charge in [-0.15, -0.1) is 0 Å². The van der Waals surface area contributed by atoms with Crippen LogP contribution in [0.3, 0.4) is 0 Å². The SMILES string of the molecule is NC(=O)c1cc(-c2cccnc2[C@@H](CC(=O)Cn2nc(C(F)F)c3c2C(F)C2CC32)Cc2cc(F)cc(F)c2)ccc1F. The lowest BCUT2D eigenvalue weighted by Crippen LogP contribution is -2.19. The molecule has 1 fully saturated rings. The van der Waals surface area contributed by atoms with Gasteiger partial charge in [0.05, 0.1) is 23.5 Å². The molecule has 4 atom stereocenters. The molecular formula is C31H24F6N4O2. The first kappa shape index (κ1) is 28.6. The number of carbonyl (C=O) groups is 2. The van der Waals surface area contributed by atoms with Crippen LogP contribution in [0.15, 0.2) is 54.7 Å². The smallest absolute Gasteiger partial charge is 0.282 e. The molecule has 2 N–H and O–H groups in total. The molecule has 2 aromatic heterocycles. The van der Waals surface area contributed by atoms with E-state index in [1.807, 2.05) is 0 Å². The first-order valence-electron chi connectivity index (χ1n) is 13.6. The van der Waals surface area contributed by atoms with Crippen molar-refractivity contribution in [3.05, 3.63) is 106 Å². The second-order valence-electron chi connectivity index (χ2n) is 11.0. The van der Waals surface area contributed by atoms with E-state index in [0.717, 1.165) is 22.9 Å². The first-order chi connectivity index (χ1) is 20.5. The van der Waals surface area contributed by atoms with Gasteiger partial charge in [-0.05, 0) is 60.2 Å². The predicted molar refractivity (Wildman–Crippen MR) is 142 cm³/mol. The Morgan fingerprint density at radius 3 is 2.47 bits per heavy atom. The monoisotopic (exact) mass is 598 g/mol. The van der Waals surface area contributed by atoms with Gasteiger partial charge in [0, 0.05) is 41.6 Å². The number of rotatable bonds is 10. The highest BCUT2D eigenvalue weighted by Crippen LogP contribution is 2.64.